The molecular weight excluding hydrogens is 416 g/mol. The van der Waals surface area contributed by atoms with Gasteiger partial charge in [0.2, 0.25) is 15.9 Å². The van der Waals surface area contributed by atoms with Crippen molar-refractivity contribution in [3.63, 3.8) is 0 Å². The van der Waals surface area contributed by atoms with Crippen LogP contribution in [0.25, 0.3) is 0 Å². The number of nitrogens with zero attached hydrogens (tertiary/aromatic N) is 1. The molecule has 9 heteroatoms. The van der Waals surface area contributed by atoms with Crippen LogP contribution in [-0.2, 0) is 21.2 Å². The van der Waals surface area contributed by atoms with E-state index in [1.165, 1.54) is 0 Å². The number of amides is 1. The standard InChI is InChI=1S/C20H23ClN2O5S/c1-14(20(24)22-10-9-15-3-5-16(21)6-4-15)23(29(2,25)26)17-7-8-18-19(13-17)28-12-11-27-18/h3-8,13-14H,9-12H2,1-2H3,(H,22,24). The summed E-state index contributed by atoms with van der Waals surface area (Å²) >= 11 is 5.87. The zero-order valence-corrected chi connectivity index (χ0v) is 17.8. The average molecular weight is 439 g/mol. The summed E-state index contributed by atoms with van der Waals surface area (Å²) in [7, 11) is -3.71. The Kier molecular flexibility index (Phi) is 6.54. The lowest BCUT2D eigenvalue weighted by atomic mass is 10.1. The largest absolute Gasteiger partial charge is 0.486 e. The van der Waals surface area contributed by atoms with Gasteiger partial charge in [-0.1, -0.05) is 23.7 Å². The van der Waals surface area contributed by atoms with Crippen LogP contribution in [0.5, 0.6) is 11.5 Å². The summed E-state index contributed by atoms with van der Waals surface area (Å²) in [6, 6.07) is 11.2. The van der Waals surface area contributed by atoms with E-state index >= 15 is 0 Å². The fourth-order valence-electron chi connectivity index (χ4n) is 3.11. The number of hydrogen-bond donors (Lipinski definition) is 1. The van der Waals surface area contributed by atoms with E-state index in [-0.39, 0.29) is 5.91 Å². The van der Waals surface area contributed by atoms with Gasteiger partial charge in [-0.3, -0.25) is 9.10 Å². The minimum absolute atomic E-state index is 0.345. The Morgan fingerprint density at radius 3 is 2.45 bits per heavy atom. The average Bonchev–Trinajstić information content (AvgIpc) is 2.68. The molecule has 0 spiro atoms. The molecule has 0 saturated heterocycles. The number of rotatable bonds is 7. The topological polar surface area (TPSA) is 84.9 Å². The first-order valence-electron chi connectivity index (χ1n) is 9.17. The third kappa shape index (κ3) is 5.33. The van der Waals surface area contributed by atoms with Crippen molar-refractivity contribution in [3.05, 3.63) is 53.1 Å². The molecule has 1 aliphatic rings. The van der Waals surface area contributed by atoms with E-state index < -0.39 is 16.1 Å². The van der Waals surface area contributed by atoms with Crippen molar-refractivity contribution >= 4 is 33.2 Å². The third-order valence-corrected chi connectivity index (χ3v) is 5.99. The fourth-order valence-corrected chi connectivity index (χ4v) is 4.40. The number of hydrogen-bond acceptors (Lipinski definition) is 5. The zero-order valence-electron chi connectivity index (χ0n) is 16.2. The maximum atomic E-state index is 12.6. The number of anilines is 1. The summed E-state index contributed by atoms with van der Waals surface area (Å²) < 4.78 is 37.0. The first-order valence-corrected chi connectivity index (χ1v) is 11.4. The summed E-state index contributed by atoms with van der Waals surface area (Å²) in [4.78, 5) is 12.6. The number of ether oxygens (including phenoxy) is 2. The second-order valence-electron chi connectivity index (χ2n) is 6.73. The molecule has 3 rings (SSSR count). The smallest absolute Gasteiger partial charge is 0.243 e. The molecule has 0 aliphatic carbocycles. The Balaban J connectivity index is 1.71. The van der Waals surface area contributed by atoms with Gasteiger partial charge in [0, 0.05) is 17.6 Å². The van der Waals surface area contributed by atoms with Gasteiger partial charge in [-0.15, -0.1) is 0 Å². The predicted octanol–water partition coefficient (Wildman–Crippen LogP) is 2.62. The molecule has 0 radical (unpaired) electrons. The highest BCUT2D eigenvalue weighted by atomic mass is 35.5. The maximum Gasteiger partial charge on any atom is 0.243 e. The van der Waals surface area contributed by atoms with Gasteiger partial charge in [0.25, 0.3) is 0 Å². The molecule has 1 N–H and O–H groups in total. The third-order valence-electron chi connectivity index (χ3n) is 4.49. The number of benzene rings is 2. The normalized spacial score (nSPS) is 14.2. The second-order valence-corrected chi connectivity index (χ2v) is 9.03. The summed E-state index contributed by atoms with van der Waals surface area (Å²) in [5.41, 5.74) is 1.37. The minimum Gasteiger partial charge on any atom is -0.486 e. The van der Waals surface area contributed by atoms with E-state index in [1.54, 1.807) is 37.3 Å². The van der Waals surface area contributed by atoms with Crippen LogP contribution < -0.4 is 19.1 Å². The van der Waals surface area contributed by atoms with E-state index in [1.807, 2.05) is 12.1 Å². The van der Waals surface area contributed by atoms with Crippen molar-refractivity contribution < 1.29 is 22.7 Å². The van der Waals surface area contributed by atoms with Crippen LogP contribution in [-0.4, -0.2) is 46.4 Å². The summed E-state index contributed by atoms with van der Waals surface area (Å²) in [5.74, 6) is 0.616. The van der Waals surface area contributed by atoms with Gasteiger partial charge in [0.05, 0.1) is 11.9 Å². The van der Waals surface area contributed by atoms with Crippen molar-refractivity contribution in [1.82, 2.24) is 5.32 Å². The SMILES string of the molecule is CC(C(=O)NCCc1ccc(Cl)cc1)N(c1ccc2c(c1)OCCO2)S(C)(=O)=O. The molecule has 0 aromatic heterocycles. The van der Waals surface area contributed by atoms with Crippen molar-refractivity contribution in [2.24, 2.45) is 0 Å². The van der Waals surface area contributed by atoms with Crippen LogP contribution >= 0.6 is 11.6 Å². The molecule has 29 heavy (non-hydrogen) atoms. The van der Waals surface area contributed by atoms with Crippen LogP contribution in [0.4, 0.5) is 5.69 Å². The number of carbonyl (C=O) groups excluding carboxylic acids is 1. The minimum atomic E-state index is -3.71. The van der Waals surface area contributed by atoms with Gasteiger partial charge in [-0.25, -0.2) is 8.42 Å². The highest BCUT2D eigenvalue weighted by molar-refractivity contribution is 7.92. The molecule has 1 aliphatic heterocycles. The van der Waals surface area contributed by atoms with Crippen molar-refractivity contribution in [2.45, 2.75) is 19.4 Å². The van der Waals surface area contributed by atoms with E-state index in [9.17, 15) is 13.2 Å². The molecule has 156 valence electrons. The number of halogens is 1. The van der Waals surface area contributed by atoms with Gasteiger partial charge in [-0.2, -0.15) is 0 Å². The second kappa shape index (κ2) is 8.92. The van der Waals surface area contributed by atoms with Gasteiger partial charge in [0.1, 0.15) is 19.3 Å². The van der Waals surface area contributed by atoms with Crippen LogP contribution in [0, 0.1) is 0 Å². The molecule has 1 unspecified atom stereocenters. The molecular formula is C20H23ClN2O5S. The van der Waals surface area contributed by atoms with Crippen LogP contribution in [0.1, 0.15) is 12.5 Å². The molecule has 0 bridgehead atoms. The maximum absolute atomic E-state index is 12.6. The molecule has 0 saturated carbocycles. The number of carbonyl (C=O) groups is 1. The summed E-state index contributed by atoms with van der Waals surface area (Å²) in [6.45, 7) is 2.75. The van der Waals surface area contributed by atoms with Gasteiger partial charge >= 0.3 is 0 Å². The summed E-state index contributed by atoms with van der Waals surface area (Å²) in [5, 5.41) is 3.44. The quantitative estimate of drug-likeness (QED) is 0.718. The Bertz CT molecular complexity index is 979. The van der Waals surface area contributed by atoms with E-state index in [2.05, 4.69) is 5.32 Å². The Hall–Kier alpha value is -2.45. The van der Waals surface area contributed by atoms with Gasteiger partial charge < -0.3 is 14.8 Å². The van der Waals surface area contributed by atoms with Crippen LogP contribution in [0.15, 0.2) is 42.5 Å². The highest BCUT2D eigenvalue weighted by Crippen LogP contribution is 2.35. The molecule has 2 aromatic carbocycles. The molecule has 1 heterocycles. The fraction of sp³-hybridized carbons (Fsp3) is 0.350. The first kappa shape index (κ1) is 21.3. The lowest BCUT2D eigenvalue weighted by Crippen LogP contribution is -2.48. The van der Waals surface area contributed by atoms with Crippen molar-refractivity contribution in [3.8, 4) is 11.5 Å². The van der Waals surface area contributed by atoms with Gasteiger partial charge in [0.15, 0.2) is 11.5 Å². The van der Waals surface area contributed by atoms with Crippen LogP contribution in [0.3, 0.4) is 0 Å². The highest BCUT2D eigenvalue weighted by Gasteiger charge is 2.30. The Morgan fingerprint density at radius 1 is 1.14 bits per heavy atom. The van der Waals surface area contributed by atoms with E-state index in [0.29, 0.717) is 48.4 Å². The molecule has 7 nitrogen and oxygen atoms in total. The lowest BCUT2D eigenvalue weighted by Gasteiger charge is -2.29. The monoisotopic (exact) mass is 438 g/mol. The van der Waals surface area contributed by atoms with E-state index in [0.717, 1.165) is 16.1 Å². The molecule has 0 fully saturated rings. The van der Waals surface area contributed by atoms with Crippen molar-refractivity contribution in [1.29, 1.82) is 0 Å². The number of nitrogens with one attached hydrogen (secondary N) is 1. The number of sulfonamides is 1. The zero-order chi connectivity index (χ0) is 21.0. The summed E-state index contributed by atoms with van der Waals surface area (Å²) in [6.07, 6.45) is 1.68. The molecule has 1 atom stereocenters. The Labute approximate surface area is 175 Å². The predicted molar refractivity (Wildman–Crippen MR) is 112 cm³/mol. The first-order chi connectivity index (χ1) is 13.8. The van der Waals surface area contributed by atoms with Crippen LogP contribution in [0.2, 0.25) is 5.02 Å². The Morgan fingerprint density at radius 2 is 1.79 bits per heavy atom. The van der Waals surface area contributed by atoms with Gasteiger partial charge in [-0.05, 0) is 43.2 Å². The molecule has 2 aromatic rings. The van der Waals surface area contributed by atoms with E-state index in [4.69, 9.17) is 21.1 Å². The number of fused-ring (bicyclic) bond motifs is 1. The lowest BCUT2D eigenvalue weighted by molar-refractivity contribution is -0.121. The van der Waals surface area contributed by atoms with Crippen molar-refractivity contribution in [2.75, 3.05) is 30.3 Å². The molecule has 1 amide bonds.